The van der Waals surface area contributed by atoms with Crippen LogP contribution in [0.3, 0.4) is 0 Å². The Morgan fingerprint density at radius 1 is 1.15 bits per heavy atom. The number of benzene rings is 1. The lowest BCUT2D eigenvalue weighted by Crippen LogP contribution is -2.54. The first kappa shape index (κ1) is 27.0. The summed E-state index contributed by atoms with van der Waals surface area (Å²) in [6.45, 7) is 9.70. The number of carbonyl (C=O) groups excluding carboxylic acids is 2. The average molecular weight is 491 g/mol. The van der Waals surface area contributed by atoms with E-state index in [9.17, 15) is 22.8 Å². The highest BCUT2D eigenvalue weighted by molar-refractivity contribution is 6.69. The summed E-state index contributed by atoms with van der Waals surface area (Å²) in [5.74, 6) is 0. The van der Waals surface area contributed by atoms with Gasteiger partial charge in [-0.25, -0.2) is 9.59 Å². The van der Waals surface area contributed by atoms with Gasteiger partial charge >= 0.3 is 18.4 Å². The van der Waals surface area contributed by atoms with Gasteiger partial charge in [-0.2, -0.15) is 13.2 Å². The molecule has 7 nitrogen and oxygen atoms in total. The van der Waals surface area contributed by atoms with Gasteiger partial charge in [-0.15, -0.1) is 0 Å². The van der Waals surface area contributed by atoms with E-state index in [1.807, 2.05) is 6.07 Å². The van der Waals surface area contributed by atoms with Crippen LogP contribution in [0.5, 0.6) is 0 Å². The van der Waals surface area contributed by atoms with Crippen molar-refractivity contribution in [1.82, 2.24) is 10.2 Å². The zero-order valence-electron chi connectivity index (χ0n) is 19.9. The summed E-state index contributed by atoms with van der Waals surface area (Å²) in [6.07, 6.45) is -8.70. The van der Waals surface area contributed by atoms with Crippen LogP contribution >= 0.6 is 0 Å². The van der Waals surface area contributed by atoms with Crippen LogP contribution in [0.1, 0.15) is 32.8 Å². The van der Waals surface area contributed by atoms with Crippen LogP contribution in [0.15, 0.2) is 30.3 Å². The summed E-state index contributed by atoms with van der Waals surface area (Å²) in [6, 6.07) is 6.90. The van der Waals surface area contributed by atoms with Gasteiger partial charge in [-0.3, -0.25) is 0 Å². The van der Waals surface area contributed by atoms with Crippen LogP contribution in [0.2, 0.25) is 19.6 Å². The Balaban J connectivity index is 2.17. The summed E-state index contributed by atoms with van der Waals surface area (Å²) in [5, 5.41) is 2.57. The number of nitrogens with zero attached hydrogens (tertiary/aromatic N) is 1. The van der Waals surface area contributed by atoms with E-state index in [1.54, 1.807) is 64.7 Å². The lowest BCUT2D eigenvalue weighted by Gasteiger charge is -2.36. The van der Waals surface area contributed by atoms with Gasteiger partial charge in [0.1, 0.15) is 12.2 Å². The molecule has 3 atom stereocenters. The highest BCUT2D eigenvalue weighted by Crippen LogP contribution is 2.35. The first-order valence-electron chi connectivity index (χ1n) is 10.8. The van der Waals surface area contributed by atoms with E-state index in [-0.39, 0.29) is 19.6 Å². The Morgan fingerprint density at radius 2 is 1.76 bits per heavy atom. The fraction of sp³-hybridized carbons (Fsp3) is 0.636. The molecule has 1 aliphatic heterocycles. The van der Waals surface area contributed by atoms with Crippen LogP contribution in [-0.4, -0.2) is 61.9 Å². The van der Waals surface area contributed by atoms with Gasteiger partial charge in [0.15, 0.2) is 14.4 Å². The number of carbonyl (C=O) groups is 2. The maximum Gasteiger partial charge on any atom is 0.415 e. The molecule has 1 N–H and O–H groups in total. The van der Waals surface area contributed by atoms with Crippen LogP contribution in [-0.2, 0) is 20.5 Å². The number of alkyl carbamates (subject to hydrolysis) is 1. The van der Waals surface area contributed by atoms with E-state index in [0.29, 0.717) is 0 Å². The summed E-state index contributed by atoms with van der Waals surface area (Å²) < 4.78 is 57.9. The van der Waals surface area contributed by atoms with Crippen molar-refractivity contribution < 1.29 is 36.7 Å². The number of nitrogens with one attached hydrogen (secondary N) is 1. The summed E-state index contributed by atoms with van der Waals surface area (Å²) >= 11 is 0. The maximum atomic E-state index is 14.0. The molecule has 1 saturated heterocycles. The fourth-order valence-electron chi connectivity index (χ4n) is 3.46. The van der Waals surface area contributed by atoms with Crippen molar-refractivity contribution in [3.05, 3.63) is 35.9 Å². The number of hydrogen-bond donors (Lipinski definition) is 1. The Hall–Kier alpha value is -2.27. The molecule has 1 aliphatic rings. The third kappa shape index (κ3) is 8.88. The van der Waals surface area contributed by atoms with Crippen molar-refractivity contribution in [3.63, 3.8) is 0 Å². The van der Waals surface area contributed by atoms with E-state index >= 15 is 0 Å². The van der Waals surface area contributed by atoms with Gasteiger partial charge in [-0.1, -0.05) is 30.3 Å². The maximum absolute atomic E-state index is 14.0. The smallest absolute Gasteiger partial charge is 0.415 e. The second-order valence-corrected chi connectivity index (χ2v) is 14.5. The summed E-state index contributed by atoms with van der Waals surface area (Å²) in [7, 11) is -2.62. The molecule has 2 rings (SSSR count). The first-order chi connectivity index (χ1) is 15.0. The highest BCUT2D eigenvalue weighted by atomic mass is 28.4. The second-order valence-electron chi connectivity index (χ2n) is 10.0. The third-order valence-corrected chi connectivity index (χ3v) is 5.62. The quantitative estimate of drug-likeness (QED) is 0.563. The molecule has 2 unspecified atom stereocenters. The predicted octanol–water partition coefficient (Wildman–Crippen LogP) is 5.07. The SMILES string of the molecule is CC(C)(C)OC(=O)N1CC(NC(=O)OCc2ccccc2)C[C@@H]1C(O[Si](C)(C)C)C(F)(F)F. The van der Waals surface area contributed by atoms with Crippen molar-refractivity contribution >= 4 is 20.5 Å². The summed E-state index contributed by atoms with van der Waals surface area (Å²) in [4.78, 5) is 26.0. The molecule has 1 fully saturated rings. The molecule has 0 bridgehead atoms. The van der Waals surface area contributed by atoms with Gasteiger partial charge < -0.3 is 24.1 Å². The van der Waals surface area contributed by atoms with E-state index in [2.05, 4.69) is 5.32 Å². The van der Waals surface area contributed by atoms with Crippen molar-refractivity contribution in [1.29, 1.82) is 0 Å². The van der Waals surface area contributed by atoms with Gasteiger partial charge in [0.25, 0.3) is 0 Å². The van der Waals surface area contributed by atoms with Crippen molar-refractivity contribution in [3.8, 4) is 0 Å². The van der Waals surface area contributed by atoms with E-state index in [4.69, 9.17) is 13.9 Å². The van der Waals surface area contributed by atoms with Crippen LogP contribution in [0, 0.1) is 0 Å². The lowest BCUT2D eigenvalue weighted by atomic mass is 10.1. The standard InChI is InChI=1S/C22H33F3N2O5Si/c1-21(2,3)31-20(29)27-13-16(26-19(28)30-14-15-10-8-7-9-11-15)12-17(27)18(22(23,24)25)32-33(4,5)6/h7-11,16-18H,12-14H2,1-6H3,(H,26,28)/t16?,17-,18?/m1/s1. The number of ether oxygens (including phenoxy) is 2. The highest BCUT2D eigenvalue weighted by Gasteiger charge is 2.54. The van der Waals surface area contributed by atoms with Gasteiger partial charge in [-0.05, 0) is 52.4 Å². The van der Waals surface area contributed by atoms with Crippen molar-refractivity contribution in [2.45, 2.75) is 83.4 Å². The molecule has 33 heavy (non-hydrogen) atoms. The fourth-order valence-corrected chi connectivity index (χ4v) is 4.52. The lowest BCUT2D eigenvalue weighted by molar-refractivity contribution is -0.211. The summed E-state index contributed by atoms with van der Waals surface area (Å²) in [5.41, 5.74) is -0.122. The molecule has 186 valence electrons. The monoisotopic (exact) mass is 490 g/mol. The Kier molecular flexibility index (Phi) is 8.45. The minimum absolute atomic E-state index is 0.0164. The molecule has 0 radical (unpaired) electrons. The molecule has 11 heteroatoms. The molecular weight excluding hydrogens is 457 g/mol. The molecule has 1 heterocycles. The number of likely N-dealkylation sites (tertiary alicyclic amines) is 1. The van der Waals surface area contributed by atoms with Crippen LogP contribution in [0.4, 0.5) is 22.8 Å². The molecule has 0 aliphatic carbocycles. The predicted molar refractivity (Wildman–Crippen MR) is 119 cm³/mol. The molecule has 0 saturated carbocycles. The number of hydrogen-bond acceptors (Lipinski definition) is 5. The van der Waals surface area contributed by atoms with E-state index in [1.165, 1.54) is 0 Å². The van der Waals surface area contributed by atoms with E-state index < -0.39 is 50.5 Å². The van der Waals surface area contributed by atoms with Crippen LogP contribution in [0.25, 0.3) is 0 Å². The topological polar surface area (TPSA) is 77.1 Å². The molecule has 1 aromatic carbocycles. The third-order valence-electron chi connectivity index (χ3n) is 4.66. The second kappa shape index (κ2) is 10.3. The van der Waals surface area contributed by atoms with Gasteiger partial charge in [0.2, 0.25) is 0 Å². The first-order valence-corrected chi connectivity index (χ1v) is 14.2. The van der Waals surface area contributed by atoms with Crippen molar-refractivity contribution in [2.24, 2.45) is 0 Å². The minimum atomic E-state index is -4.70. The Morgan fingerprint density at radius 3 is 2.27 bits per heavy atom. The minimum Gasteiger partial charge on any atom is -0.445 e. The zero-order valence-corrected chi connectivity index (χ0v) is 20.9. The Bertz CT molecular complexity index is 809. The molecule has 1 aromatic rings. The van der Waals surface area contributed by atoms with Gasteiger partial charge in [0.05, 0.1) is 12.1 Å². The number of rotatable bonds is 6. The largest absolute Gasteiger partial charge is 0.445 e. The molecule has 0 spiro atoms. The number of halogens is 3. The molecular formula is C22H33F3N2O5Si. The van der Waals surface area contributed by atoms with Gasteiger partial charge in [0, 0.05) is 6.54 Å². The van der Waals surface area contributed by atoms with E-state index in [0.717, 1.165) is 10.5 Å². The normalized spacial score (nSPS) is 20.3. The average Bonchev–Trinajstić information content (AvgIpc) is 3.06. The number of amides is 2. The Labute approximate surface area is 193 Å². The molecule has 2 amide bonds. The van der Waals surface area contributed by atoms with Crippen LogP contribution < -0.4 is 5.32 Å². The zero-order chi connectivity index (χ0) is 25.0. The van der Waals surface area contributed by atoms with Crippen molar-refractivity contribution in [2.75, 3.05) is 6.54 Å². The molecule has 0 aromatic heterocycles. The number of alkyl halides is 3.